The molecule has 1 saturated heterocycles. The zero-order valence-corrected chi connectivity index (χ0v) is 10.5. The van der Waals surface area contributed by atoms with Gasteiger partial charge < -0.3 is 15.2 Å². The summed E-state index contributed by atoms with van der Waals surface area (Å²) in [5, 5.41) is 13.9. The fourth-order valence-corrected chi connectivity index (χ4v) is 1.69. The predicted molar refractivity (Wildman–Crippen MR) is 71.4 cm³/mol. The quantitative estimate of drug-likeness (QED) is 0.549. The summed E-state index contributed by atoms with van der Waals surface area (Å²) >= 11 is 4.81. The Morgan fingerprint density at radius 1 is 1.42 bits per heavy atom. The number of rotatable bonds is 4. The minimum atomic E-state index is -1.05. The highest BCUT2D eigenvalue weighted by Gasteiger charge is 2.19. The van der Waals surface area contributed by atoms with Gasteiger partial charge in [0, 0.05) is 0 Å². The number of benzene rings is 1. The lowest BCUT2D eigenvalue weighted by molar-refractivity contribution is -0.139. The Labute approximate surface area is 114 Å². The van der Waals surface area contributed by atoms with E-state index in [1.807, 2.05) is 0 Å². The van der Waals surface area contributed by atoms with Crippen molar-refractivity contribution in [2.24, 2.45) is 0 Å². The van der Waals surface area contributed by atoms with E-state index < -0.39 is 12.6 Å². The molecular formula is C12H10N2O4S. The minimum absolute atomic E-state index is 0.259. The Morgan fingerprint density at radius 2 is 2.21 bits per heavy atom. The molecule has 0 spiro atoms. The van der Waals surface area contributed by atoms with Gasteiger partial charge in [0.15, 0.2) is 11.7 Å². The number of carboxylic acid groups (broad SMARTS) is 1. The maximum Gasteiger partial charge on any atom is 0.341 e. The molecule has 1 aromatic carbocycles. The lowest BCUT2D eigenvalue weighted by Crippen LogP contribution is -2.21. The van der Waals surface area contributed by atoms with E-state index in [2.05, 4.69) is 10.6 Å². The van der Waals surface area contributed by atoms with Crippen molar-refractivity contribution in [2.75, 3.05) is 6.61 Å². The van der Waals surface area contributed by atoms with E-state index in [0.717, 1.165) is 0 Å². The molecule has 1 amide bonds. The first-order chi connectivity index (χ1) is 9.04. The predicted octanol–water partition coefficient (Wildman–Crippen LogP) is 0.495. The third-order valence-electron chi connectivity index (χ3n) is 2.25. The van der Waals surface area contributed by atoms with Crippen molar-refractivity contribution in [3.05, 3.63) is 35.5 Å². The van der Waals surface area contributed by atoms with E-state index in [1.165, 1.54) is 0 Å². The van der Waals surface area contributed by atoms with Gasteiger partial charge in [-0.2, -0.15) is 0 Å². The largest absolute Gasteiger partial charge is 0.482 e. The lowest BCUT2D eigenvalue weighted by atomic mass is 10.2. The number of carbonyl (C=O) groups is 2. The monoisotopic (exact) mass is 278 g/mol. The minimum Gasteiger partial charge on any atom is -0.482 e. The Balaban J connectivity index is 2.15. The van der Waals surface area contributed by atoms with Crippen LogP contribution in [0.2, 0.25) is 0 Å². The van der Waals surface area contributed by atoms with Crippen LogP contribution in [0.5, 0.6) is 5.75 Å². The molecule has 98 valence electrons. The van der Waals surface area contributed by atoms with Crippen molar-refractivity contribution in [2.45, 2.75) is 0 Å². The van der Waals surface area contributed by atoms with Crippen LogP contribution in [0.25, 0.3) is 6.08 Å². The van der Waals surface area contributed by atoms with Crippen molar-refractivity contribution in [3.63, 3.8) is 0 Å². The smallest absolute Gasteiger partial charge is 0.341 e. The van der Waals surface area contributed by atoms with Crippen LogP contribution in [0.1, 0.15) is 5.56 Å². The molecule has 0 saturated carbocycles. The van der Waals surface area contributed by atoms with Crippen molar-refractivity contribution >= 4 is 35.3 Å². The van der Waals surface area contributed by atoms with Crippen molar-refractivity contribution in [1.82, 2.24) is 10.6 Å². The summed E-state index contributed by atoms with van der Waals surface area (Å²) in [7, 11) is 0. The number of thiocarbonyl (C=S) groups is 1. The zero-order valence-electron chi connectivity index (χ0n) is 9.67. The van der Waals surface area contributed by atoms with E-state index in [4.69, 9.17) is 22.1 Å². The number of ether oxygens (including phenoxy) is 1. The molecule has 0 aromatic heterocycles. The summed E-state index contributed by atoms with van der Waals surface area (Å²) in [5.41, 5.74) is 1.03. The van der Waals surface area contributed by atoms with Gasteiger partial charge in [-0.25, -0.2) is 4.79 Å². The number of aliphatic carboxylic acids is 1. The van der Waals surface area contributed by atoms with E-state index >= 15 is 0 Å². The highest BCUT2D eigenvalue weighted by molar-refractivity contribution is 7.80. The molecule has 0 radical (unpaired) electrons. The van der Waals surface area contributed by atoms with Crippen molar-refractivity contribution in [1.29, 1.82) is 0 Å². The SMILES string of the molecule is O=C(O)COc1cccc(/C=C2\NC(=S)NC2=O)c1. The lowest BCUT2D eigenvalue weighted by Gasteiger charge is -2.04. The second kappa shape index (κ2) is 5.49. The van der Waals surface area contributed by atoms with Crippen LogP contribution in [0.4, 0.5) is 0 Å². The second-order valence-corrected chi connectivity index (χ2v) is 4.13. The highest BCUT2D eigenvalue weighted by atomic mass is 32.1. The summed E-state index contributed by atoms with van der Waals surface area (Å²) in [4.78, 5) is 21.9. The Kier molecular flexibility index (Phi) is 3.76. The van der Waals surface area contributed by atoms with Gasteiger partial charge in [-0.1, -0.05) is 12.1 Å². The number of nitrogens with one attached hydrogen (secondary N) is 2. The third kappa shape index (κ3) is 3.52. The Hall–Kier alpha value is -2.41. The molecule has 6 nitrogen and oxygen atoms in total. The number of carbonyl (C=O) groups excluding carboxylic acids is 1. The van der Waals surface area contributed by atoms with Gasteiger partial charge in [0.1, 0.15) is 11.4 Å². The molecule has 19 heavy (non-hydrogen) atoms. The second-order valence-electron chi connectivity index (χ2n) is 3.72. The summed E-state index contributed by atoms with van der Waals surface area (Å²) in [6.07, 6.45) is 1.60. The van der Waals surface area contributed by atoms with Crippen LogP contribution in [-0.4, -0.2) is 28.7 Å². The number of hydrogen-bond donors (Lipinski definition) is 3. The summed E-state index contributed by atoms with van der Waals surface area (Å²) < 4.78 is 5.04. The van der Waals surface area contributed by atoms with Gasteiger partial charge in [-0.3, -0.25) is 10.1 Å². The third-order valence-corrected chi connectivity index (χ3v) is 2.46. The van der Waals surface area contributed by atoms with Crippen molar-refractivity contribution < 1.29 is 19.4 Å². The zero-order chi connectivity index (χ0) is 13.8. The molecule has 2 rings (SSSR count). The first-order valence-corrected chi connectivity index (χ1v) is 5.74. The van der Waals surface area contributed by atoms with Crippen LogP contribution in [-0.2, 0) is 9.59 Å². The molecule has 3 N–H and O–H groups in total. The molecular weight excluding hydrogens is 268 g/mol. The first-order valence-electron chi connectivity index (χ1n) is 5.33. The standard InChI is InChI=1S/C12H10N2O4S/c15-10(16)6-18-8-3-1-2-7(4-8)5-9-11(17)14-12(19)13-9/h1-5H,6H2,(H,15,16)(H2,13,14,17,19)/b9-5-. The summed E-state index contributed by atoms with van der Waals surface area (Å²) in [6.45, 7) is -0.414. The summed E-state index contributed by atoms with van der Waals surface area (Å²) in [5.74, 6) is -0.939. The first kappa shape index (κ1) is 13.0. The molecule has 1 heterocycles. The Bertz CT molecular complexity index is 583. The molecule has 7 heteroatoms. The summed E-state index contributed by atoms with van der Waals surface area (Å²) in [6, 6.07) is 6.73. The average molecular weight is 278 g/mol. The molecule has 1 aliphatic heterocycles. The number of amides is 1. The molecule has 0 unspecified atom stereocenters. The fraction of sp³-hybridized carbons (Fsp3) is 0.0833. The van der Waals surface area contributed by atoms with Crippen LogP contribution in [0.15, 0.2) is 30.0 Å². The van der Waals surface area contributed by atoms with E-state index in [9.17, 15) is 9.59 Å². The molecule has 0 atom stereocenters. The number of hydrogen-bond acceptors (Lipinski definition) is 4. The van der Waals surface area contributed by atoms with E-state index in [1.54, 1.807) is 30.3 Å². The van der Waals surface area contributed by atoms with Crippen LogP contribution < -0.4 is 15.4 Å². The molecule has 0 aliphatic carbocycles. The van der Waals surface area contributed by atoms with Crippen LogP contribution in [0.3, 0.4) is 0 Å². The molecule has 1 fully saturated rings. The average Bonchev–Trinajstić information content (AvgIpc) is 2.66. The molecule has 1 aliphatic rings. The van der Waals surface area contributed by atoms with Gasteiger partial charge in [-0.15, -0.1) is 0 Å². The van der Waals surface area contributed by atoms with Crippen molar-refractivity contribution in [3.8, 4) is 5.75 Å². The number of carboxylic acids is 1. The molecule has 1 aromatic rings. The normalized spacial score (nSPS) is 16.1. The van der Waals surface area contributed by atoms with Crippen LogP contribution in [0, 0.1) is 0 Å². The maximum absolute atomic E-state index is 11.5. The Morgan fingerprint density at radius 3 is 2.84 bits per heavy atom. The van der Waals surface area contributed by atoms with E-state index in [0.29, 0.717) is 17.0 Å². The van der Waals surface area contributed by atoms with Gasteiger partial charge in [0.2, 0.25) is 0 Å². The van der Waals surface area contributed by atoms with Gasteiger partial charge in [-0.05, 0) is 36.0 Å². The van der Waals surface area contributed by atoms with Crippen LogP contribution >= 0.6 is 12.2 Å². The topological polar surface area (TPSA) is 87.7 Å². The van der Waals surface area contributed by atoms with E-state index in [-0.39, 0.29) is 11.0 Å². The maximum atomic E-state index is 11.5. The van der Waals surface area contributed by atoms with Gasteiger partial charge in [0.05, 0.1) is 0 Å². The fourth-order valence-electron chi connectivity index (χ4n) is 1.49. The van der Waals surface area contributed by atoms with Gasteiger partial charge >= 0.3 is 5.97 Å². The van der Waals surface area contributed by atoms with Gasteiger partial charge in [0.25, 0.3) is 5.91 Å². The molecule has 0 bridgehead atoms. The highest BCUT2D eigenvalue weighted by Crippen LogP contribution is 2.16.